The van der Waals surface area contributed by atoms with E-state index < -0.39 is 0 Å². The van der Waals surface area contributed by atoms with Gasteiger partial charge in [-0.3, -0.25) is 4.79 Å². The average molecular weight is 336 g/mol. The first kappa shape index (κ1) is 13.2. The Morgan fingerprint density at radius 3 is 3.00 bits per heavy atom. The molecule has 104 valence electrons. The summed E-state index contributed by atoms with van der Waals surface area (Å²) in [7, 11) is 0. The summed E-state index contributed by atoms with van der Waals surface area (Å²) in [6.07, 6.45) is 2.27. The van der Waals surface area contributed by atoms with Gasteiger partial charge < -0.3 is 5.32 Å². The second-order valence-electron chi connectivity index (χ2n) is 4.87. The molecule has 0 spiro atoms. The average Bonchev–Trinajstić information content (AvgIpc) is 3.16. The third kappa shape index (κ3) is 2.72. The van der Waals surface area contributed by atoms with Crippen LogP contribution in [0.5, 0.6) is 0 Å². The highest BCUT2D eigenvalue weighted by Crippen LogP contribution is 2.34. The van der Waals surface area contributed by atoms with E-state index in [0.29, 0.717) is 18.2 Å². The number of anilines is 1. The Kier molecular flexibility index (Phi) is 3.52. The maximum absolute atomic E-state index is 11.7. The molecule has 7 heteroatoms. The molecule has 0 amide bonds. The van der Waals surface area contributed by atoms with Gasteiger partial charge in [0, 0.05) is 15.7 Å². The summed E-state index contributed by atoms with van der Waals surface area (Å²) in [6.45, 7) is 2.06. The minimum absolute atomic E-state index is 0.0237. The fraction of sp³-hybridized carbons (Fsp3) is 0.385. The highest BCUT2D eigenvalue weighted by atomic mass is 79.9. The minimum Gasteiger partial charge on any atom is -0.377 e. The van der Waals surface area contributed by atoms with Crippen LogP contribution in [0, 0.1) is 0 Å². The van der Waals surface area contributed by atoms with Gasteiger partial charge in [-0.25, -0.2) is 4.68 Å². The van der Waals surface area contributed by atoms with Gasteiger partial charge in [0.25, 0.3) is 0 Å². The molecule has 1 aliphatic carbocycles. The van der Waals surface area contributed by atoms with Crippen molar-refractivity contribution >= 4 is 27.4 Å². The number of nitrogens with one attached hydrogen (secondary N) is 1. The molecule has 1 N–H and O–H groups in total. The van der Waals surface area contributed by atoms with Crippen LogP contribution in [-0.4, -0.2) is 26.0 Å². The summed E-state index contributed by atoms with van der Waals surface area (Å²) in [5, 5.41) is 15.0. The number of hydrogen-bond donors (Lipinski definition) is 1. The molecule has 0 radical (unpaired) electrons. The number of tetrazole rings is 1. The lowest BCUT2D eigenvalue weighted by Crippen LogP contribution is -2.11. The molecule has 2 aromatic rings. The maximum Gasteiger partial charge on any atom is 0.170 e. The van der Waals surface area contributed by atoms with E-state index >= 15 is 0 Å². The van der Waals surface area contributed by atoms with Crippen LogP contribution in [-0.2, 0) is 6.54 Å². The van der Waals surface area contributed by atoms with Gasteiger partial charge in [0.1, 0.15) is 0 Å². The van der Waals surface area contributed by atoms with Crippen LogP contribution < -0.4 is 5.32 Å². The Morgan fingerprint density at radius 2 is 2.30 bits per heavy atom. The second kappa shape index (κ2) is 5.32. The Hall–Kier alpha value is -1.76. The van der Waals surface area contributed by atoms with Gasteiger partial charge in [-0.2, -0.15) is 0 Å². The fourth-order valence-electron chi connectivity index (χ4n) is 2.07. The van der Waals surface area contributed by atoms with Crippen molar-refractivity contribution in [3.05, 3.63) is 34.1 Å². The SMILES string of the molecule is CC(=O)c1cc(Br)ccc1NCc1nnnn1C1CC1. The number of nitrogens with zero attached hydrogens (tertiary/aromatic N) is 4. The van der Waals surface area contributed by atoms with Crippen LogP contribution in [0.4, 0.5) is 5.69 Å². The predicted octanol–water partition coefficient (Wildman–Crippen LogP) is 2.59. The van der Waals surface area contributed by atoms with Gasteiger partial charge in [-0.05, 0) is 48.4 Å². The third-order valence-electron chi connectivity index (χ3n) is 3.25. The van der Waals surface area contributed by atoms with E-state index in [4.69, 9.17) is 0 Å². The summed E-state index contributed by atoms with van der Waals surface area (Å²) in [5.74, 6) is 0.820. The lowest BCUT2D eigenvalue weighted by molar-refractivity contribution is 0.101. The van der Waals surface area contributed by atoms with Gasteiger partial charge in [-0.1, -0.05) is 15.9 Å². The van der Waals surface area contributed by atoms with Crippen LogP contribution in [0.25, 0.3) is 0 Å². The molecule has 20 heavy (non-hydrogen) atoms. The number of carbonyl (C=O) groups is 1. The van der Waals surface area contributed by atoms with E-state index in [9.17, 15) is 4.79 Å². The van der Waals surface area contributed by atoms with E-state index in [0.717, 1.165) is 28.8 Å². The Labute approximate surface area is 124 Å². The van der Waals surface area contributed by atoms with E-state index in [1.54, 1.807) is 6.92 Å². The van der Waals surface area contributed by atoms with Crippen LogP contribution in [0.15, 0.2) is 22.7 Å². The van der Waals surface area contributed by atoms with Gasteiger partial charge in [-0.15, -0.1) is 5.10 Å². The van der Waals surface area contributed by atoms with Crippen LogP contribution >= 0.6 is 15.9 Å². The summed E-state index contributed by atoms with van der Waals surface area (Å²) in [4.78, 5) is 11.7. The first-order chi connectivity index (χ1) is 9.65. The van der Waals surface area contributed by atoms with E-state index in [1.807, 2.05) is 22.9 Å². The van der Waals surface area contributed by atoms with Crippen molar-refractivity contribution in [3.8, 4) is 0 Å². The highest BCUT2D eigenvalue weighted by molar-refractivity contribution is 9.10. The van der Waals surface area contributed by atoms with Crippen LogP contribution in [0.3, 0.4) is 0 Å². The first-order valence-electron chi connectivity index (χ1n) is 6.46. The number of halogens is 1. The third-order valence-corrected chi connectivity index (χ3v) is 3.74. The van der Waals surface area contributed by atoms with E-state index in [-0.39, 0.29) is 5.78 Å². The molecular weight excluding hydrogens is 322 g/mol. The predicted molar refractivity (Wildman–Crippen MR) is 77.6 cm³/mol. The van der Waals surface area contributed by atoms with Gasteiger partial charge in [0.2, 0.25) is 0 Å². The second-order valence-corrected chi connectivity index (χ2v) is 5.79. The molecule has 1 aromatic heterocycles. The number of benzene rings is 1. The van der Waals surface area contributed by atoms with E-state index in [2.05, 4.69) is 36.8 Å². The minimum atomic E-state index is 0.0237. The molecule has 0 bridgehead atoms. The Bertz CT molecular complexity index is 650. The van der Waals surface area contributed by atoms with Crippen molar-refractivity contribution in [2.45, 2.75) is 32.4 Å². The lowest BCUT2D eigenvalue weighted by atomic mass is 10.1. The molecule has 6 nitrogen and oxygen atoms in total. The molecule has 1 fully saturated rings. The molecule has 0 unspecified atom stereocenters. The summed E-state index contributed by atoms with van der Waals surface area (Å²) in [5.41, 5.74) is 1.45. The molecule has 1 aromatic carbocycles. The number of carbonyl (C=O) groups excluding carboxylic acids is 1. The van der Waals surface area contributed by atoms with Crippen molar-refractivity contribution in [1.29, 1.82) is 0 Å². The van der Waals surface area contributed by atoms with Crippen molar-refractivity contribution < 1.29 is 4.79 Å². The maximum atomic E-state index is 11.7. The molecule has 0 saturated heterocycles. The molecule has 0 atom stereocenters. The number of rotatable bonds is 5. The van der Waals surface area contributed by atoms with Crippen molar-refractivity contribution in [2.75, 3.05) is 5.32 Å². The monoisotopic (exact) mass is 335 g/mol. The fourth-order valence-corrected chi connectivity index (χ4v) is 2.43. The summed E-state index contributed by atoms with van der Waals surface area (Å²) < 4.78 is 2.75. The smallest absolute Gasteiger partial charge is 0.170 e. The Morgan fingerprint density at radius 1 is 1.50 bits per heavy atom. The van der Waals surface area contributed by atoms with Crippen molar-refractivity contribution in [2.24, 2.45) is 0 Å². The zero-order valence-corrected chi connectivity index (χ0v) is 12.6. The van der Waals surface area contributed by atoms with Gasteiger partial charge >= 0.3 is 0 Å². The zero-order chi connectivity index (χ0) is 14.1. The van der Waals surface area contributed by atoms with Gasteiger partial charge in [0.15, 0.2) is 11.6 Å². The number of hydrogen-bond acceptors (Lipinski definition) is 5. The largest absolute Gasteiger partial charge is 0.377 e. The zero-order valence-electron chi connectivity index (χ0n) is 11.0. The van der Waals surface area contributed by atoms with Crippen LogP contribution in [0.1, 0.15) is 42.0 Å². The molecular formula is C13H14BrN5O. The number of aromatic nitrogens is 4. The molecule has 3 rings (SSSR count). The standard InChI is InChI=1S/C13H14BrN5O/c1-8(20)11-6-9(14)2-5-12(11)15-7-13-16-17-18-19(13)10-3-4-10/h2,5-6,10,15H,3-4,7H2,1H3. The highest BCUT2D eigenvalue weighted by Gasteiger charge is 2.27. The molecule has 0 aliphatic heterocycles. The summed E-state index contributed by atoms with van der Waals surface area (Å²) in [6, 6.07) is 6.04. The quantitative estimate of drug-likeness (QED) is 0.850. The molecule has 1 heterocycles. The van der Waals surface area contributed by atoms with Gasteiger partial charge in [0.05, 0.1) is 12.6 Å². The Balaban J connectivity index is 1.78. The number of Topliss-reactive ketones (excluding diaryl/α,β-unsaturated/α-hetero) is 1. The van der Waals surface area contributed by atoms with Crippen molar-refractivity contribution in [3.63, 3.8) is 0 Å². The molecule has 1 aliphatic rings. The van der Waals surface area contributed by atoms with Crippen molar-refractivity contribution in [1.82, 2.24) is 20.2 Å². The topological polar surface area (TPSA) is 72.7 Å². The van der Waals surface area contributed by atoms with E-state index in [1.165, 1.54) is 0 Å². The molecule has 1 saturated carbocycles. The first-order valence-corrected chi connectivity index (χ1v) is 7.25. The normalized spacial score (nSPS) is 14.3. The summed E-state index contributed by atoms with van der Waals surface area (Å²) >= 11 is 3.38. The number of ketones is 1. The van der Waals surface area contributed by atoms with Crippen LogP contribution in [0.2, 0.25) is 0 Å². The lowest BCUT2D eigenvalue weighted by Gasteiger charge is -2.10.